The number of amides is 1. The molecule has 1 N–H and O–H groups in total. The number of thioether (sulfide) groups is 1. The first-order valence-electron chi connectivity index (χ1n) is 8.42. The summed E-state index contributed by atoms with van der Waals surface area (Å²) in [4.78, 5) is 14.1. The lowest BCUT2D eigenvalue weighted by molar-refractivity contribution is -0.121. The van der Waals surface area contributed by atoms with Crippen LogP contribution in [0.5, 0.6) is 0 Å². The highest BCUT2D eigenvalue weighted by molar-refractivity contribution is 8.01. The zero-order valence-electron chi connectivity index (χ0n) is 14.1. The molecule has 130 valence electrons. The van der Waals surface area contributed by atoms with Gasteiger partial charge in [0.15, 0.2) is 4.34 Å². The van der Waals surface area contributed by atoms with Crippen molar-refractivity contribution < 1.29 is 4.79 Å². The number of nitrogens with one attached hydrogen (secondary N) is 1. The van der Waals surface area contributed by atoms with E-state index in [9.17, 15) is 4.79 Å². The lowest BCUT2D eigenvalue weighted by atomic mass is 9.83. The van der Waals surface area contributed by atoms with Crippen LogP contribution in [0.1, 0.15) is 50.8 Å². The van der Waals surface area contributed by atoms with Gasteiger partial charge >= 0.3 is 0 Å². The molecule has 7 heteroatoms. The van der Waals surface area contributed by atoms with Gasteiger partial charge in [-0.2, -0.15) is 0 Å². The van der Waals surface area contributed by atoms with Crippen LogP contribution in [-0.4, -0.2) is 21.9 Å². The molecule has 0 bridgehead atoms. The Morgan fingerprint density at radius 1 is 1.38 bits per heavy atom. The normalized spacial score (nSPS) is 16.6. The maximum Gasteiger partial charge on any atom is 0.237 e. The van der Waals surface area contributed by atoms with Crippen LogP contribution in [0.15, 0.2) is 21.9 Å². The third-order valence-electron chi connectivity index (χ3n) is 4.43. The Hall–Kier alpha value is -0.920. The third-order valence-corrected chi connectivity index (χ3v) is 7.51. The van der Waals surface area contributed by atoms with Gasteiger partial charge in [0.25, 0.3) is 0 Å². The largest absolute Gasteiger partial charge is 0.300 e. The molecule has 1 aliphatic carbocycles. The zero-order valence-corrected chi connectivity index (χ0v) is 16.5. The third kappa shape index (κ3) is 4.00. The summed E-state index contributed by atoms with van der Waals surface area (Å²) in [7, 11) is 0. The molecule has 1 saturated carbocycles. The molecule has 0 radical (unpaired) electrons. The van der Waals surface area contributed by atoms with Crippen LogP contribution in [0.25, 0.3) is 0 Å². The number of aromatic nitrogens is 2. The Kier molecular flexibility index (Phi) is 5.94. The van der Waals surface area contributed by atoms with Gasteiger partial charge in [0.05, 0.1) is 5.41 Å². The van der Waals surface area contributed by atoms with Crippen molar-refractivity contribution in [3.05, 3.63) is 22.4 Å². The Morgan fingerprint density at radius 2 is 2.17 bits per heavy atom. The molecule has 2 aromatic rings. The molecule has 0 atom stereocenters. The van der Waals surface area contributed by atoms with Crippen molar-refractivity contribution in [3.8, 4) is 0 Å². The molecule has 0 aliphatic heterocycles. The molecular weight excluding hydrogens is 358 g/mol. The topological polar surface area (TPSA) is 54.9 Å². The minimum absolute atomic E-state index is 0.0809. The molecule has 2 aromatic heterocycles. The SMILES string of the molecule is CC(C)CCSc1nnc(NC(=O)C2(c3cccs3)CCCC2)s1. The molecule has 0 aromatic carbocycles. The van der Waals surface area contributed by atoms with E-state index in [1.807, 2.05) is 6.07 Å². The number of rotatable bonds is 7. The Balaban J connectivity index is 1.65. The molecule has 1 aliphatic rings. The van der Waals surface area contributed by atoms with Gasteiger partial charge in [-0.05, 0) is 36.6 Å². The molecule has 24 heavy (non-hydrogen) atoms. The fourth-order valence-electron chi connectivity index (χ4n) is 3.03. The van der Waals surface area contributed by atoms with Gasteiger partial charge in [0, 0.05) is 10.6 Å². The number of thiophene rings is 1. The van der Waals surface area contributed by atoms with Crippen LogP contribution in [0.2, 0.25) is 0 Å². The number of hydrogen-bond donors (Lipinski definition) is 1. The predicted octanol–water partition coefficient (Wildman–Crippen LogP) is 5.19. The average Bonchev–Trinajstić information content (AvgIpc) is 3.29. The highest BCUT2D eigenvalue weighted by Gasteiger charge is 2.43. The van der Waals surface area contributed by atoms with Gasteiger partial charge in [0.2, 0.25) is 11.0 Å². The molecule has 4 nitrogen and oxygen atoms in total. The van der Waals surface area contributed by atoms with Crippen molar-refractivity contribution in [2.45, 2.75) is 55.7 Å². The molecule has 0 unspecified atom stereocenters. The van der Waals surface area contributed by atoms with Gasteiger partial charge in [-0.3, -0.25) is 10.1 Å². The monoisotopic (exact) mass is 381 g/mol. The van der Waals surface area contributed by atoms with E-state index in [-0.39, 0.29) is 11.3 Å². The zero-order chi connectivity index (χ0) is 17.0. The Bertz CT molecular complexity index is 660. The molecule has 2 heterocycles. The maximum absolute atomic E-state index is 13.0. The second kappa shape index (κ2) is 7.97. The Morgan fingerprint density at radius 3 is 2.83 bits per heavy atom. The van der Waals surface area contributed by atoms with Crippen LogP contribution in [0.3, 0.4) is 0 Å². The van der Waals surface area contributed by atoms with E-state index < -0.39 is 0 Å². The minimum atomic E-state index is -0.370. The number of nitrogens with zero attached hydrogens (tertiary/aromatic N) is 2. The van der Waals surface area contributed by atoms with Crippen LogP contribution in [0, 0.1) is 5.92 Å². The summed E-state index contributed by atoms with van der Waals surface area (Å²) < 4.78 is 0.933. The maximum atomic E-state index is 13.0. The van der Waals surface area contributed by atoms with E-state index >= 15 is 0 Å². The van der Waals surface area contributed by atoms with E-state index in [1.165, 1.54) is 16.2 Å². The molecule has 0 saturated heterocycles. The highest BCUT2D eigenvalue weighted by Crippen LogP contribution is 2.44. The predicted molar refractivity (Wildman–Crippen MR) is 103 cm³/mol. The first-order chi connectivity index (χ1) is 11.6. The Labute approximate surface area is 155 Å². The van der Waals surface area contributed by atoms with Crippen molar-refractivity contribution >= 4 is 45.5 Å². The summed E-state index contributed by atoms with van der Waals surface area (Å²) in [6.07, 6.45) is 5.23. The fraction of sp³-hybridized carbons (Fsp3) is 0.588. The van der Waals surface area contributed by atoms with E-state index in [1.54, 1.807) is 23.1 Å². The molecule has 0 spiro atoms. The standard InChI is InChI=1S/C17H23N3OS3/c1-12(2)7-11-23-16-20-19-15(24-16)18-14(21)17(8-3-4-9-17)13-6-5-10-22-13/h5-6,10,12H,3-4,7-9,11H2,1-2H3,(H,18,19,21). The summed E-state index contributed by atoms with van der Waals surface area (Å²) >= 11 is 4.88. The van der Waals surface area contributed by atoms with Crippen molar-refractivity contribution in [1.82, 2.24) is 10.2 Å². The first-order valence-corrected chi connectivity index (χ1v) is 11.1. The summed E-state index contributed by atoms with van der Waals surface area (Å²) in [6, 6.07) is 4.12. The van der Waals surface area contributed by atoms with E-state index in [0.29, 0.717) is 11.0 Å². The molecular formula is C17H23N3OS3. The van der Waals surface area contributed by atoms with Crippen molar-refractivity contribution in [3.63, 3.8) is 0 Å². The van der Waals surface area contributed by atoms with Gasteiger partial charge < -0.3 is 0 Å². The van der Waals surface area contributed by atoms with Crippen LogP contribution in [-0.2, 0) is 10.2 Å². The van der Waals surface area contributed by atoms with Gasteiger partial charge in [-0.15, -0.1) is 21.5 Å². The summed E-state index contributed by atoms with van der Waals surface area (Å²) in [5.74, 6) is 1.81. The van der Waals surface area contributed by atoms with E-state index in [0.717, 1.165) is 42.2 Å². The second-order valence-electron chi connectivity index (χ2n) is 6.62. The van der Waals surface area contributed by atoms with Gasteiger partial charge in [-0.1, -0.05) is 55.9 Å². The summed E-state index contributed by atoms with van der Waals surface area (Å²) in [5.41, 5.74) is -0.370. The average molecular weight is 382 g/mol. The number of carbonyl (C=O) groups is 1. The van der Waals surface area contributed by atoms with Crippen molar-refractivity contribution in [1.29, 1.82) is 0 Å². The number of hydrogen-bond acceptors (Lipinski definition) is 6. The molecule has 1 amide bonds. The summed E-state index contributed by atoms with van der Waals surface area (Å²) in [6.45, 7) is 4.44. The smallest absolute Gasteiger partial charge is 0.237 e. The number of carbonyl (C=O) groups excluding carboxylic acids is 1. The van der Waals surface area contributed by atoms with Crippen molar-refractivity contribution in [2.75, 3.05) is 11.1 Å². The van der Waals surface area contributed by atoms with Crippen molar-refractivity contribution in [2.24, 2.45) is 5.92 Å². The lowest BCUT2D eigenvalue weighted by Gasteiger charge is -2.25. The van der Waals surface area contributed by atoms with E-state index in [4.69, 9.17) is 0 Å². The highest BCUT2D eigenvalue weighted by atomic mass is 32.2. The van der Waals surface area contributed by atoms with Crippen LogP contribution < -0.4 is 5.32 Å². The number of anilines is 1. The molecule has 1 fully saturated rings. The quantitative estimate of drug-likeness (QED) is 0.530. The lowest BCUT2D eigenvalue weighted by Crippen LogP contribution is -2.37. The molecule has 3 rings (SSSR count). The first kappa shape index (κ1) is 17.9. The van der Waals surface area contributed by atoms with Gasteiger partial charge in [-0.25, -0.2) is 0 Å². The van der Waals surface area contributed by atoms with Crippen LogP contribution >= 0.6 is 34.4 Å². The fourth-order valence-corrected chi connectivity index (χ4v) is 6.07. The second-order valence-corrected chi connectivity index (χ2v) is 9.89. The minimum Gasteiger partial charge on any atom is -0.300 e. The van der Waals surface area contributed by atoms with Gasteiger partial charge in [0.1, 0.15) is 0 Å². The summed E-state index contributed by atoms with van der Waals surface area (Å²) in [5, 5.41) is 14.1. The van der Waals surface area contributed by atoms with Crippen LogP contribution in [0.4, 0.5) is 5.13 Å². The van der Waals surface area contributed by atoms with E-state index in [2.05, 4.69) is 40.8 Å².